The lowest BCUT2D eigenvalue weighted by Gasteiger charge is -2.22. The van der Waals surface area contributed by atoms with Gasteiger partial charge in [0.2, 0.25) is 0 Å². The lowest BCUT2D eigenvalue weighted by molar-refractivity contribution is -0.135. The van der Waals surface area contributed by atoms with Gasteiger partial charge < -0.3 is 9.47 Å². The van der Waals surface area contributed by atoms with Crippen molar-refractivity contribution in [1.82, 2.24) is 0 Å². The molecule has 0 bridgehead atoms. The van der Waals surface area contributed by atoms with Gasteiger partial charge in [0.15, 0.2) is 0 Å². The summed E-state index contributed by atoms with van der Waals surface area (Å²) in [4.78, 5) is 12.0. The van der Waals surface area contributed by atoms with Crippen molar-refractivity contribution in [2.24, 2.45) is 5.92 Å². The maximum Gasteiger partial charge on any atom is 0.338 e. The maximum atomic E-state index is 12.0. The number of carbonyl (C=O) groups excluding carboxylic acids is 1. The number of hydrogen-bond acceptors (Lipinski definition) is 3. The van der Waals surface area contributed by atoms with Gasteiger partial charge in [-0.15, -0.1) is 0 Å². The maximum absolute atomic E-state index is 12.0. The molecular weight excluding hydrogens is 252 g/mol. The van der Waals surface area contributed by atoms with E-state index in [1.807, 2.05) is 6.08 Å². The molecule has 1 heterocycles. The summed E-state index contributed by atoms with van der Waals surface area (Å²) in [5.74, 6) is 0.137. The van der Waals surface area contributed by atoms with E-state index in [1.54, 1.807) is 0 Å². The largest absolute Gasteiger partial charge is 0.465 e. The second-order valence-electron chi connectivity index (χ2n) is 5.39. The van der Waals surface area contributed by atoms with Crippen molar-refractivity contribution in [3.05, 3.63) is 52.6 Å². The molecule has 3 rings (SSSR count). The quantitative estimate of drug-likeness (QED) is 0.775. The Balaban J connectivity index is 2.07. The van der Waals surface area contributed by atoms with Crippen LogP contribution in [0.3, 0.4) is 0 Å². The van der Waals surface area contributed by atoms with E-state index in [9.17, 15) is 4.79 Å². The van der Waals surface area contributed by atoms with Crippen LogP contribution in [0.15, 0.2) is 41.5 Å². The zero-order valence-electron chi connectivity index (χ0n) is 11.8. The number of esters is 1. The van der Waals surface area contributed by atoms with Crippen LogP contribution in [0.5, 0.6) is 0 Å². The van der Waals surface area contributed by atoms with Crippen LogP contribution < -0.4 is 0 Å². The predicted molar refractivity (Wildman–Crippen MR) is 77.1 cm³/mol. The van der Waals surface area contributed by atoms with E-state index in [-0.39, 0.29) is 5.97 Å². The van der Waals surface area contributed by atoms with Crippen molar-refractivity contribution < 1.29 is 14.3 Å². The van der Waals surface area contributed by atoms with Crippen LogP contribution in [0.1, 0.15) is 17.5 Å². The molecule has 0 N–H and O–H groups in total. The Bertz CT molecular complexity index is 593. The van der Waals surface area contributed by atoms with Gasteiger partial charge in [0.05, 0.1) is 25.9 Å². The van der Waals surface area contributed by atoms with Crippen LogP contribution in [0.2, 0.25) is 0 Å². The van der Waals surface area contributed by atoms with Crippen molar-refractivity contribution in [3.8, 4) is 0 Å². The monoisotopic (exact) mass is 270 g/mol. The third-order valence-corrected chi connectivity index (χ3v) is 4.02. The molecule has 0 amide bonds. The van der Waals surface area contributed by atoms with Crippen molar-refractivity contribution in [2.75, 3.05) is 20.3 Å². The molecule has 1 atom stereocenters. The van der Waals surface area contributed by atoms with E-state index < -0.39 is 0 Å². The van der Waals surface area contributed by atoms with Gasteiger partial charge in [-0.05, 0) is 36.1 Å². The van der Waals surface area contributed by atoms with E-state index in [0.717, 1.165) is 24.2 Å². The van der Waals surface area contributed by atoms with Gasteiger partial charge in [0.25, 0.3) is 0 Å². The van der Waals surface area contributed by atoms with Crippen LogP contribution in [-0.2, 0) is 14.3 Å². The SMILES string of the molecule is COC(=O)C1=C(c2ccc(C)cc2)CC2COCC2=C1. The highest BCUT2D eigenvalue weighted by molar-refractivity contribution is 6.01. The first-order valence-electron chi connectivity index (χ1n) is 6.85. The first-order chi connectivity index (χ1) is 9.69. The summed E-state index contributed by atoms with van der Waals surface area (Å²) in [5.41, 5.74) is 5.26. The first kappa shape index (κ1) is 13.1. The van der Waals surface area contributed by atoms with Crippen LogP contribution >= 0.6 is 0 Å². The van der Waals surface area contributed by atoms with Gasteiger partial charge in [0, 0.05) is 5.92 Å². The highest BCUT2D eigenvalue weighted by atomic mass is 16.5. The Kier molecular flexibility index (Phi) is 3.45. The fraction of sp³-hybridized carbons (Fsp3) is 0.353. The molecule has 0 aromatic heterocycles. The second-order valence-corrected chi connectivity index (χ2v) is 5.39. The molecule has 1 fully saturated rings. The van der Waals surface area contributed by atoms with Crippen molar-refractivity contribution in [2.45, 2.75) is 13.3 Å². The minimum absolute atomic E-state index is 0.265. The molecule has 0 saturated carbocycles. The van der Waals surface area contributed by atoms with Crippen LogP contribution in [0.25, 0.3) is 5.57 Å². The molecule has 1 aromatic carbocycles. The predicted octanol–water partition coefficient (Wildman–Crippen LogP) is 2.90. The molecule has 104 valence electrons. The topological polar surface area (TPSA) is 35.5 Å². The standard InChI is InChI=1S/C17H18O3/c1-11-3-5-12(6-4-11)15-7-13-9-20-10-14(13)8-16(15)17(18)19-2/h3-6,8,13H,7,9-10H2,1-2H3. The van der Waals surface area contributed by atoms with Gasteiger partial charge in [-0.1, -0.05) is 29.8 Å². The minimum atomic E-state index is -0.265. The Morgan fingerprint density at radius 1 is 1.30 bits per heavy atom. The van der Waals surface area contributed by atoms with Crippen molar-refractivity contribution >= 4 is 11.5 Å². The van der Waals surface area contributed by atoms with Crippen LogP contribution in [0, 0.1) is 12.8 Å². The van der Waals surface area contributed by atoms with Gasteiger partial charge in [-0.3, -0.25) is 0 Å². The zero-order valence-corrected chi connectivity index (χ0v) is 11.8. The number of hydrogen-bond donors (Lipinski definition) is 0. The van der Waals surface area contributed by atoms with E-state index in [4.69, 9.17) is 9.47 Å². The molecule has 20 heavy (non-hydrogen) atoms. The van der Waals surface area contributed by atoms with E-state index in [2.05, 4.69) is 31.2 Å². The summed E-state index contributed by atoms with van der Waals surface area (Å²) in [6.07, 6.45) is 2.81. The molecule has 0 radical (unpaired) electrons. The summed E-state index contributed by atoms with van der Waals surface area (Å²) in [6.45, 7) is 3.44. The molecule has 1 aliphatic heterocycles. The van der Waals surface area contributed by atoms with Crippen LogP contribution in [0.4, 0.5) is 0 Å². The average Bonchev–Trinajstić information content (AvgIpc) is 2.93. The number of aryl methyl sites for hydroxylation is 1. The van der Waals surface area contributed by atoms with E-state index in [1.165, 1.54) is 18.2 Å². The van der Waals surface area contributed by atoms with Crippen molar-refractivity contribution in [3.63, 3.8) is 0 Å². The summed E-state index contributed by atoms with van der Waals surface area (Å²) < 4.78 is 10.4. The summed E-state index contributed by atoms with van der Waals surface area (Å²) in [5, 5.41) is 0. The lowest BCUT2D eigenvalue weighted by Crippen LogP contribution is -2.15. The second kappa shape index (κ2) is 5.25. The van der Waals surface area contributed by atoms with Crippen LogP contribution in [-0.4, -0.2) is 26.3 Å². The molecule has 3 heteroatoms. The number of fused-ring (bicyclic) bond motifs is 1. The Morgan fingerprint density at radius 2 is 2.05 bits per heavy atom. The molecule has 2 aliphatic rings. The Hall–Kier alpha value is -1.87. The number of methoxy groups -OCH3 is 1. The van der Waals surface area contributed by atoms with E-state index in [0.29, 0.717) is 18.1 Å². The molecule has 3 nitrogen and oxygen atoms in total. The molecule has 1 unspecified atom stereocenters. The summed E-state index contributed by atoms with van der Waals surface area (Å²) in [6, 6.07) is 8.29. The Labute approximate surface area is 118 Å². The molecule has 0 spiro atoms. The number of ether oxygens (including phenoxy) is 2. The van der Waals surface area contributed by atoms with Gasteiger partial charge in [-0.2, -0.15) is 0 Å². The highest BCUT2D eigenvalue weighted by Crippen LogP contribution is 2.38. The number of carbonyl (C=O) groups is 1. The third-order valence-electron chi connectivity index (χ3n) is 4.02. The normalized spacial score (nSPS) is 21.5. The molecular formula is C17H18O3. The van der Waals surface area contributed by atoms with Crippen molar-refractivity contribution in [1.29, 1.82) is 0 Å². The number of allylic oxidation sites excluding steroid dienone is 1. The number of benzene rings is 1. The summed E-state index contributed by atoms with van der Waals surface area (Å²) in [7, 11) is 1.43. The highest BCUT2D eigenvalue weighted by Gasteiger charge is 2.30. The van der Waals surface area contributed by atoms with Gasteiger partial charge in [-0.25, -0.2) is 4.79 Å². The van der Waals surface area contributed by atoms with Gasteiger partial charge in [0.1, 0.15) is 0 Å². The zero-order chi connectivity index (χ0) is 14.1. The molecule has 1 aliphatic carbocycles. The fourth-order valence-electron chi connectivity index (χ4n) is 2.84. The summed E-state index contributed by atoms with van der Waals surface area (Å²) >= 11 is 0. The smallest absolute Gasteiger partial charge is 0.338 e. The van der Waals surface area contributed by atoms with Gasteiger partial charge >= 0.3 is 5.97 Å². The minimum Gasteiger partial charge on any atom is -0.465 e. The third kappa shape index (κ3) is 2.29. The molecule has 1 aromatic rings. The Morgan fingerprint density at radius 3 is 2.75 bits per heavy atom. The first-order valence-corrected chi connectivity index (χ1v) is 6.85. The lowest BCUT2D eigenvalue weighted by atomic mass is 9.82. The molecule has 1 saturated heterocycles. The fourth-order valence-corrected chi connectivity index (χ4v) is 2.84. The number of rotatable bonds is 2. The van der Waals surface area contributed by atoms with E-state index >= 15 is 0 Å². The average molecular weight is 270 g/mol.